The number of carbonyl (C=O) groups excluding carboxylic acids is 1. The molecule has 84 valence electrons. The van der Waals surface area contributed by atoms with Crippen LogP contribution in [0.3, 0.4) is 0 Å². The van der Waals surface area contributed by atoms with Crippen molar-refractivity contribution in [1.29, 1.82) is 0 Å². The molecule has 0 aliphatic rings. The Labute approximate surface area is 89.5 Å². The van der Waals surface area contributed by atoms with Crippen LogP contribution in [0.15, 0.2) is 12.4 Å². The van der Waals surface area contributed by atoms with Gasteiger partial charge in [0, 0.05) is 37.8 Å². The second kappa shape index (κ2) is 6.19. The van der Waals surface area contributed by atoms with Gasteiger partial charge in [-0.2, -0.15) is 0 Å². The lowest BCUT2D eigenvalue weighted by Gasteiger charge is -2.08. The Balaban J connectivity index is 2.12. The quantitative estimate of drug-likeness (QED) is 0.627. The molecule has 0 aromatic carbocycles. The number of nitrogens with two attached hydrogens (primary N) is 1. The van der Waals surface area contributed by atoms with Crippen LogP contribution in [0.4, 0.5) is 0 Å². The highest BCUT2D eigenvalue weighted by atomic mass is 16.1. The van der Waals surface area contributed by atoms with Crippen molar-refractivity contribution in [3.05, 3.63) is 18.2 Å². The van der Waals surface area contributed by atoms with Crippen LogP contribution in [0.2, 0.25) is 0 Å². The highest BCUT2D eigenvalue weighted by molar-refractivity contribution is 5.76. The first-order chi connectivity index (χ1) is 7.22. The maximum atomic E-state index is 11.3. The monoisotopic (exact) mass is 210 g/mol. The third-order valence-corrected chi connectivity index (χ3v) is 2.21. The summed E-state index contributed by atoms with van der Waals surface area (Å²) in [6, 6.07) is -0.0337. The maximum Gasteiger partial charge on any atom is 0.221 e. The third-order valence-electron chi connectivity index (χ3n) is 2.21. The lowest BCUT2D eigenvalue weighted by Crippen LogP contribution is -2.32. The molecule has 1 unspecified atom stereocenters. The smallest absolute Gasteiger partial charge is 0.221 e. The number of H-pyrrole nitrogens is 1. The molecule has 1 aromatic rings. The Kier molecular flexibility index (Phi) is 4.83. The zero-order chi connectivity index (χ0) is 11.1. The number of amides is 1. The van der Waals surface area contributed by atoms with Gasteiger partial charge in [0.25, 0.3) is 0 Å². The molecular weight excluding hydrogens is 192 g/mol. The number of aromatic amines is 1. The molecule has 15 heavy (non-hydrogen) atoms. The summed E-state index contributed by atoms with van der Waals surface area (Å²) in [6.07, 6.45) is 5.41. The van der Waals surface area contributed by atoms with E-state index in [1.807, 2.05) is 6.92 Å². The largest absolute Gasteiger partial charge is 0.356 e. The predicted molar refractivity (Wildman–Crippen MR) is 58.2 cm³/mol. The molecule has 0 bridgehead atoms. The Bertz CT molecular complexity index is 284. The summed E-state index contributed by atoms with van der Waals surface area (Å²) in [7, 11) is 0. The first-order valence-corrected chi connectivity index (χ1v) is 5.23. The van der Waals surface area contributed by atoms with Gasteiger partial charge in [0.15, 0.2) is 0 Å². The average Bonchev–Trinajstić information content (AvgIpc) is 2.70. The second-order valence-corrected chi connectivity index (χ2v) is 3.51. The van der Waals surface area contributed by atoms with E-state index >= 15 is 0 Å². The van der Waals surface area contributed by atoms with E-state index in [4.69, 9.17) is 5.73 Å². The van der Waals surface area contributed by atoms with Crippen molar-refractivity contribution < 1.29 is 4.79 Å². The van der Waals surface area contributed by atoms with Crippen molar-refractivity contribution in [3.8, 4) is 0 Å². The third kappa shape index (κ3) is 4.60. The average molecular weight is 210 g/mol. The molecule has 1 aromatic heterocycles. The lowest BCUT2D eigenvalue weighted by molar-refractivity contribution is -0.121. The first-order valence-electron chi connectivity index (χ1n) is 5.23. The van der Waals surface area contributed by atoms with Gasteiger partial charge < -0.3 is 16.0 Å². The minimum absolute atomic E-state index is 0.0101. The van der Waals surface area contributed by atoms with Crippen LogP contribution >= 0.6 is 0 Å². The zero-order valence-corrected chi connectivity index (χ0v) is 8.99. The van der Waals surface area contributed by atoms with Crippen LogP contribution in [-0.4, -0.2) is 28.5 Å². The van der Waals surface area contributed by atoms with Crippen molar-refractivity contribution in [2.45, 2.75) is 32.2 Å². The van der Waals surface area contributed by atoms with Gasteiger partial charge in [-0.1, -0.05) is 6.92 Å². The predicted octanol–water partition coefficient (Wildman–Crippen LogP) is 0.196. The molecule has 0 spiro atoms. The molecule has 0 saturated carbocycles. The van der Waals surface area contributed by atoms with Gasteiger partial charge in [0.05, 0.1) is 0 Å². The number of imidazole rings is 1. The van der Waals surface area contributed by atoms with Crippen molar-refractivity contribution in [1.82, 2.24) is 15.3 Å². The summed E-state index contributed by atoms with van der Waals surface area (Å²) >= 11 is 0. The molecular formula is C10H18N4O. The van der Waals surface area contributed by atoms with Crippen LogP contribution in [0, 0.1) is 0 Å². The molecule has 5 nitrogen and oxygen atoms in total. The van der Waals surface area contributed by atoms with E-state index in [9.17, 15) is 4.79 Å². The highest BCUT2D eigenvalue weighted by Gasteiger charge is 2.06. The molecule has 1 amide bonds. The molecule has 1 rings (SSSR count). The van der Waals surface area contributed by atoms with Gasteiger partial charge in [-0.25, -0.2) is 4.98 Å². The van der Waals surface area contributed by atoms with Crippen molar-refractivity contribution >= 4 is 5.91 Å². The molecule has 0 aliphatic carbocycles. The number of aromatic nitrogens is 2. The van der Waals surface area contributed by atoms with Crippen LogP contribution in [0.5, 0.6) is 0 Å². The maximum absolute atomic E-state index is 11.3. The van der Waals surface area contributed by atoms with Gasteiger partial charge in [-0.15, -0.1) is 0 Å². The highest BCUT2D eigenvalue weighted by Crippen LogP contribution is 1.93. The van der Waals surface area contributed by atoms with Crippen LogP contribution in [-0.2, 0) is 11.2 Å². The van der Waals surface area contributed by atoms with Gasteiger partial charge in [-0.3, -0.25) is 4.79 Å². The number of nitrogens with one attached hydrogen (secondary N) is 2. The van der Waals surface area contributed by atoms with Crippen molar-refractivity contribution in [3.63, 3.8) is 0 Å². The molecule has 4 N–H and O–H groups in total. The SMILES string of the molecule is CCC(N)CC(=O)NCCc1ncc[nH]1. The standard InChI is InChI=1S/C10H18N4O/c1-2-8(11)7-10(15)14-4-3-9-12-5-6-13-9/h5-6,8H,2-4,7,11H2,1H3,(H,12,13)(H,14,15). The summed E-state index contributed by atoms with van der Waals surface area (Å²) in [5, 5.41) is 2.81. The van der Waals surface area contributed by atoms with Crippen molar-refractivity contribution in [2.75, 3.05) is 6.54 Å². The van der Waals surface area contributed by atoms with E-state index in [2.05, 4.69) is 15.3 Å². The van der Waals surface area contributed by atoms with Crippen LogP contribution in [0.25, 0.3) is 0 Å². The number of hydrogen-bond acceptors (Lipinski definition) is 3. The summed E-state index contributed by atoms with van der Waals surface area (Å²) in [5.41, 5.74) is 5.66. The fourth-order valence-electron chi connectivity index (χ4n) is 1.21. The Hall–Kier alpha value is -1.36. The molecule has 5 heteroatoms. The molecule has 1 heterocycles. The van der Waals surface area contributed by atoms with Crippen molar-refractivity contribution in [2.24, 2.45) is 5.73 Å². The fraction of sp³-hybridized carbons (Fsp3) is 0.600. The molecule has 0 fully saturated rings. The Morgan fingerprint density at radius 2 is 2.53 bits per heavy atom. The van der Waals surface area contributed by atoms with Gasteiger partial charge in [-0.05, 0) is 6.42 Å². The summed E-state index contributed by atoms with van der Waals surface area (Å²) in [5.74, 6) is 0.894. The minimum atomic E-state index is -0.0337. The zero-order valence-electron chi connectivity index (χ0n) is 8.99. The lowest BCUT2D eigenvalue weighted by atomic mass is 10.1. The molecule has 1 atom stereocenters. The van der Waals surface area contributed by atoms with E-state index in [-0.39, 0.29) is 11.9 Å². The number of rotatable bonds is 6. The normalized spacial score (nSPS) is 12.4. The number of carbonyl (C=O) groups is 1. The number of hydrogen-bond donors (Lipinski definition) is 3. The molecule has 0 radical (unpaired) electrons. The van der Waals surface area contributed by atoms with E-state index < -0.39 is 0 Å². The van der Waals surface area contributed by atoms with E-state index in [1.54, 1.807) is 12.4 Å². The second-order valence-electron chi connectivity index (χ2n) is 3.51. The summed E-state index contributed by atoms with van der Waals surface area (Å²) in [4.78, 5) is 18.4. The topological polar surface area (TPSA) is 83.8 Å². The Morgan fingerprint density at radius 3 is 3.13 bits per heavy atom. The van der Waals surface area contributed by atoms with E-state index in [0.29, 0.717) is 13.0 Å². The minimum Gasteiger partial charge on any atom is -0.356 e. The van der Waals surface area contributed by atoms with Gasteiger partial charge in [0.1, 0.15) is 5.82 Å². The van der Waals surface area contributed by atoms with E-state index in [0.717, 1.165) is 18.7 Å². The van der Waals surface area contributed by atoms with Gasteiger partial charge in [0.2, 0.25) is 5.91 Å². The molecule has 0 aliphatic heterocycles. The summed E-state index contributed by atoms with van der Waals surface area (Å²) in [6.45, 7) is 2.57. The van der Waals surface area contributed by atoms with Gasteiger partial charge >= 0.3 is 0 Å². The first kappa shape index (κ1) is 11.7. The van der Waals surface area contributed by atoms with Crippen LogP contribution in [0.1, 0.15) is 25.6 Å². The number of nitrogens with zero attached hydrogens (tertiary/aromatic N) is 1. The van der Waals surface area contributed by atoms with Crippen LogP contribution < -0.4 is 11.1 Å². The molecule has 0 saturated heterocycles. The summed E-state index contributed by atoms with van der Waals surface area (Å²) < 4.78 is 0. The Morgan fingerprint density at radius 1 is 1.73 bits per heavy atom. The fourth-order valence-corrected chi connectivity index (χ4v) is 1.21. The van der Waals surface area contributed by atoms with E-state index in [1.165, 1.54) is 0 Å².